The fraction of sp³-hybridized carbons (Fsp3) is 0.158. The first-order valence-corrected chi connectivity index (χ1v) is 7.76. The minimum Gasteiger partial charge on any atom is -0.493 e. The third-order valence-corrected chi connectivity index (χ3v) is 3.74. The summed E-state index contributed by atoms with van der Waals surface area (Å²) in [6.07, 6.45) is 0. The van der Waals surface area contributed by atoms with Gasteiger partial charge in [-0.05, 0) is 42.6 Å². The number of carbonyl (C=O) groups excluding carboxylic acids is 1. The van der Waals surface area contributed by atoms with E-state index in [4.69, 9.17) is 9.47 Å². The Kier molecular flexibility index (Phi) is 4.70. The van der Waals surface area contributed by atoms with Crippen molar-refractivity contribution in [3.8, 4) is 11.5 Å². The smallest absolute Gasteiger partial charge is 0.262 e. The predicted octanol–water partition coefficient (Wildman–Crippen LogP) is 2.86. The number of amides is 1. The van der Waals surface area contributed by atoms with Gasteiger partial charge in [-0.2, -0.15) is 0 Å². The van der Waals surface area contributed by atoms with Crippen molar-refractivity contribution in [3.63, 3.8) is 0 Å². The van der Waals surface area contributed by atoms with Gasteiger partial charge in [0.05, 0.1) is 12.6 Å². The van der Waals surface area contributed by atoms with Gasteiger partial charge in [0.2, 0.25) is 0 Å². The third-order valence-electron chi connectivity index (χ3n) is 3.74. The number of fused-ring (bicyclic) bond motifs is 1. The summed E-state index contributed by atoms with van der Waals surface area (Å²) in [5.41, 5.74) is 1.75. The number of aromatic amines is 1. The first kappa shape index (κ1) is 16.6. The van der Waals surface area contributed by atoms with Gasteiger partial charge < -0.3 is 19.8 Å². The van der Waals surface area contributed by atoms with Crippen molar-refractivity contribution in [2.45, 2.75) is 6.92 Å². The molecule has 0 aliphatic rings. The average molecular weight is 338 g/mol. The normalized spacial score (nSPS) is 10.5. The summed E-state index contributed by atoms with van der Waals surface area (Å²) in [5, 5.41) is 3.65. The second kappa shape index (κ2) is 7.09. The molecular formula is C19H18N2O4. The molecule has 0 unspecified atom stereocenters. The van der Waals surface area contributed by atoms with Gasteiger partial charge in [0.15, 0.2) is 18.1 Å². The van der Waals surface area contributed by atoms with Gasteiger partial charge in [-0.15, -0.1) is 0 Å². The van der Waals surface area contributed by atoms with E-state index >= 15 is 0 Å². The number of aromatic nitrogens is 1. The number of hydrogen-bond acceptors (Lipinski definition) is 4. The summed E-state index contributed by atoms with van der Waals surface area (Å²) >= 11 is 0. The van der Waals surface area contributed by atoms with Crippen molar-refractivity contribution in [3.05, 3.63) is 64.4 Å². The number of rotatable bonds is 5. The second-order valence-corrected chi connectivity index (χ2v) is 5.57. The molecule has 6 heteroatoms. The van der Waals surface area contributed by atoms with Crippen molar-refractivity contribution in [1.29, 1.82) is 0 Å². The molecule has 0 saturated carbocycles. The molecular weight excluding hydrogens is 320 g/mol. The Morgan fingerprint density at radius 3 is 2.64 bits per heavy atom. The van der Waals surface area contributed by atoms with Gasteiger partial charge >= 0.3 is 0 Å². The molecule has 1 amide bonds. The fourth-order valence-electron chi connectivity index (χ4n) is 2.47. The van der Waals surface area contributed by atoms with Gasteiger partial charge in [-0.1, -0.05) is 18.2 Å². The topological polar surface area (TPSA) is 80.4 Å². The molecule has 1 aromatic heterocycles. The molecule has 0 atom stereocenters. The zero-order chi connectivity index (χ0) is 17.8. The van der Waals surface area contributed by atoms with Gasteiger partial charge in [0.1, 0.15) is 0 Å². The number of hydrogen-bond donors (Lipinski definition) is 2. The standard InChI is InChI=1S/C19H18N2O4/c1-12-9-13-7-8-14(10-15(13)21-19(12)23)20-18(22)11-25-17-6-4-3-5-16(17)24-2/h3-10H,11H2,1-2H3,(H,20,22)(H,21,23). The molecule has 0 radical (unpaired) electrons. The largest absolute Gasteiger partial charge is 0.493 e. The van der Waals surface area contributed by atoms with E-state index in [9.17, 15) is 9.59 Å². The molecule has 0 spiro atoms. The summed E-state index contributed by atoms with van der Waals surface area (Å²) in [6.45, 7) is 1.60. The van der Waals surface area contributed by atoms with Crippen LogP contribution < -0.4 is 20.3 Å². The maximum atomic E-state index is 12.1. The van der Waals surface area contributed by atoms with Crippen molar-refractivity contribution < 1.29 is 14.3 Å². The van der Waals surface area contributed by atoms with Crippen molar-refractivity contribution in [2.75, 3.05) is 19.0 Å². The van der Waals surface area contributed by atoms with E-state index in [1.165, 1.54) is 0 Å². The lowest BCUT2D eigenvalue weighted by Crippen LogP contribution is -2.20. The maximum absolute atomic E-state index is 12.1. The summed E-state index contributed by atoms with van der Waals surface area (Å²) in [5.74, 6) is 0.757. The summed E-state index contributed by atoms with van der Waals surface area (Å²) in [7, 11) is 1.54. The highest BCUT2D eigenvalue weighted by Gasteiger charge is 2.08. The molecule has 0 aliphatic carbocycles. The average Bonchev–Trinajstić information content (AvgIpc) is 2.61. The molecule has 128 valence electrons. The minimum absolute atomic E-state index is 0.143. The molecule has 0 aliphatic heterocycles. The van der Waals surface area contributed by atoms with Gasteiger partial charge in [0, 0.05) is 11.3 Å². The number of benzene rings is 2. The quantitative estimate of drug-likeness (QED) is 0.750. The van der Waals surface area contributed by atoms with Crippen LogP contribution in [0.4, 0.5) is 5.69 Å². The minimum atomic E-state index is -0.306. The van der Waals surface area contributed by atoms with Crippen molar-refractivity contribution in [2.24, 2.45) is 0 Å². The molecule has 3 rings (SSSR count). The number of ether oxygens (including phenoxy) is 2. The van der Waals surface area contributed by atoms with Crippen LogP contribution in [0.15, 0.2) is 53.3 Å². The van der Waals surface area contributed by atoms with Gasteiger partial charge in [-0.25, -0.2) is 0 Å². The number of anilines is 1. The van der Waals surface area contributed by atoms with E-state index in [1.54, 1.807) is 44.4 Å². The Morgan fingerprint density at radius 1 is 1.12 bits per heavy atom. The highest BCUT2D eigenvalue weighted by molar-refractivity contribution is 5.94. The first-order valence-electron chi connectivity index (χ1n) is 7.76. The highest BCUT2D eigenvalue weighted by atomic mass is 16.5. The van der Waals surface area contributed by atoms with Crippen molar-refractivity contribution in [1.82, 2.24) is 4.98 Å². The zero-order valence-electron chi connectivity index (χ0n) is 14.0. The molecule has 0 bridgehead atoms. The number of methoxy groups -OCH3 is 1. The molecule has 2 N–H and O–H groups in total. The molecule has 0 fully saturated rings. The Bertz CT molecular complexity index is 979. The van der Waals surface area contributed by atoms with Crippen LogP contribution in [0.25, 0.3) is 10.9 Å². The summed E-state index contributed by atoms with van der Waals surface area (Å²) in [6, 6.07) is 14.3. The van der Waals surface area contributed by atoms with Crippen LogP contribution >= 0.6 is 0 Å². The third kappa shape index (κ3) is 3.80. The number of para-hydroxylation sites is 2. The van der Waals surface area contributed by atoms with E-state index in [-0.39, 0.29) is 18.1 Å². The summed E-state index contributed by atoms with van der Waals surface area (Å²) in [4.78, 5) is 26.6. The van der Waals surface area contributed by atoms with Crippen LogP contribution in [0.1, 0.15) is 5.56 Å². The van der Waals surface area contributed by atoms with Crippen LogP contribution in [0.5, 0.6) is 11.5 Å². The number of carbonyl (C=O) groups is 1. The Morgan fingerprint density at radius 2 is 1.88 bits per heavy atom. The molecule has 3 aromatic rings. The van der Waals surface area contributed by atoms with Crippen molar-refractivity contribution >= 4 is 22.5 Å². The van der Waals surface area contributed by atoms with E-state index in [0.717, 1.165) is 5.39 Å². The van der Waals surface area contributed by atoms with E-state index in [1.807, 2.05) is 18.2 Å². The van der Waals surface area contributed by atoms with E-state index in [0.29, 0.717) is 28.3 Å². The van der Waals surface area contributed by atoms with Gasteiger partial charge in [0.25, 0.3) is 11.5 Å². The van der Waals surface area contributed by atoms with E-state index in [2.05, 4.69) is 10.3 Å². The lowest BCUT2D eigenvalue weighted by Gasteiger charge is -2.11. The number of H-pyrrole nitrogens is 1. The van der Waals surface area contributed by atoms with Crippen LogP contribution in [0.2, 0.25) is 0 Å². The molecule has 6 nitrogen and oxygen atoms in total. The predicted molar refractivity (Wildman–Crippen MR) is 96.4 cm³/mol. The second-order valence-electron chi connectivity index (χ2n) is 5.57. The maximum Gasteiger partial charge on any atom is 0.262 e. The monoisotopic (exact) mass is 338 g/mol. The molecule has 1 heterocycles. The van der Waals surface area contributed by atoms with Crippen LogP contribution in [0, 0.1) is 6.92 Å². The van der Waals surface area contributed by atoms with Gasteiger partial charge in [-0.3, -0.25) is 9.59 Å². The van der Waals surface area contributed by atoms with Crippen LogP contribution in [-0.4, -0.2) is 24.6 Å². The molecule has 25 heavy (non-hydrogen) atoms. The fourth-order valence-corrected chi connectivity index (χ4v) is 2.47. The lowest BCUT2D eigenvalue weighted by molar-refractivity contribution is -0.118. The van der Waals surface area contributed by atoms with Crippen LogP contribution in [-0.2, 0) is 4.79 Å². The Labute approximate surface area is 144 Å². The molecule has 0 saturated heterocycles. The zero-order valence-corrected chi connectivity index (χ0v) is 14.0. The number of nitrogens with one attached hydrogen (secondary N) is 2. The SMILES string of the molecule is COc1ccccc1OCC(=O)Nc1ccc2cc(C)c(=O)[nH]c2c1. The van der Waals surface area contributed by atoms with Crippen LogP contribution in [0.3, 0.4) is 0 Å². The lowest BCUT2D eigenvalue weighted by atomic mass is 10.1. The highest BCUT2D eigenvalue weighted by Crippen LogP contribution is 2.25. The first-order chi connectivity index (χ1) is 12.1. The number of aryl methyl sites for hydroxylation is 1. The Hall–Kier alpha value is -3.28. The Balaban J connectivity index is 1.69. The summed E-state index contributed by atoms with van der Waals surface area (Å²) < 4.78 is 10.7. The number of pyridine rings is 1. The van der Waals surface area contributed by atoms with E-state index < -0.39 is 0 Å². The molecule has 2 aromatic carbocycles.